The van der Waals surface area contributed by atoms with Crippen molar-refractivity contribution in [1.29, 1.82) is 0 Å². The topological polar surface area (TPSA) is 25.3 Å². The van der Waals surface area contributed by atoms with Gasteiger partial charge in [0.2, 0.25) is 11.4 Å². The van der Waals surface area contributed by atoms with Crippen LogP contribution in [0.15, 0.2) is 59.7 Å². The molecule has 0 atom stereocenters. The van der Waals surface area contributed by atoms with Crippen molar-refractivity contribution in [3.05, 3.63) is 87.5 Å². The number of unbranched alkanes of at least 4 members (excludes halogenated alkanes) is 8. The summed E-state index contributed by atoms with van der Waals surface area (Å²) in [6, 6.07) is 17.8. The van der Waals surface area contributed by atoms with Gasteiger partial charge in [-0.25, -0.2) is 4.70 Å². The van der Waals surface area contributed by atoms with Crippen LogP contribution in [0.3, 0.4) is 0 Å². The number of aryl methyl sites for hydroxylation is 2. The van der Waals surface area contributed by atoms with Crippen molar-refractivity contribution in [1.82, 2.24) is 0 Å². The van der Waals surface area contributed by atoms with Crippen LogP contribution in [0.5, 0.6) is 0 Å². The first-order valence-corrected chi connectivity index (χ1v) is 17.9. The fourth-order valence-corrected chi connectivity index (χ4v) is 5.64. The van der Waals surface area contributed by atoms with Gasteiger partial charge in [0.15, 0.2) is 0 Å². The Morgan fingerprint density at radius 3 is 1.77 bits per heavy atom. The molecule has 224 valence electrons. The van der Waals surface area contributed by atoms with Crippen molar-refractivity contribution in [2.24, 2.45) is 0 Å². The molecule has 0 fully saturated rings. The number of nitrogens with zero attached hydrogens (tertiary/aromatic N) is 2. The van der Waals surface area contributed by atoms with Gasteiger partial charge in [-0.15, -0.1) is 0 Å². The Morgan fingerprint density at radius 1 is 0.575 bits per heavy atom. The molecule has 2 aromatic carbocycles. The van der Waals surface area contributed by atoms with Gasteiger partial charge >= 0.3 is 26.2 Å². The Kier molecular flexibility index (Phi) is 17.1. The summed E-state index contributed by atoms with van der Waals surface area (Å²) in [5, 5.41) is 0. The number of rotatable bonds is 17. The minimum absolute atomic E-state index is 0.925. The van der Waals surface area contributed by atoms with E-state index in [0.717, 1.165) is 48.2 Å². The van der Waals surface area contributed by atoms with E-state index in [2.05, 4.69) is 88.0 Å². The van der Waals surface area contributed by atoms with E-state index in [-0.39, 0.29) is 0 Å². The van der Waals surface area contributed by atoms with Gasteiger partial charge in [-0.3, -0.25) is 0 Å². The van der Waals surface area contributed by atoms with E-state index < -0.39 is 0 Å². The summed E-state index contributed by atoms with van der Waals surface area (Å²) in [5.41, 5.74) is 21.4. The normalized spacial score (nSPS) is 13.3. The summed E-state index contributed by atoms with van der Waals surface area (Å²) < 4.78 is 1.52. The van der Waals surface area contributed by atoms with Crippen molar-refractivity contribution < 1.29 is 19.1 Å². The van der Waals surface area contributed by atoms with Gasteiger partial charge in [0.05, 0.1) is 0 Å². The average molecular weight is 588 g/mol. The van der Waals surface area contributed by atoms with Crippen molar-refractivity contribution in [2.75, 3.05) is 0 Å². The summed E-state index contributed by atoms with van der Waals surface area (Å²) in [6.07, 6.45) is 18.1. The molecule has 0 saturated carbocycles. The number of hydrogen-bond donors (Lipinski definition) is 0. The Morgan fingerprint density at radius 2 is 1.12 bits per heavy atom. The van der Waals surface area contributed by atoms with E-state index in [1.165, 1.54) is 97.6 Å². The zero-order valence-electron chi connectivity index (χ0n) is 26.4. The molecule has 2 nitrogen and oxygen atoms in total. The minimum atomic E-state index is 0.925. The molecule has 0 unspecified atom stereocenters. The summed E-state index contributed by atoms with van der Waals surface area (Å²) in [6.45, 7) is 9.02. The van der Waals surface area contributed by atoms with E-state index in [9.17, 15) is 5.53 Å². The molecule has 0 saturated heterocycles. The summed E-state index contributed by atoms with van der Waals surface area (Å²) in [7, 11) is 0. The molecule has 1 aliphatic heterocycles. The van der Waals surface area contributed by atoms with Crippen molar-refractivity contribution >= 4 is 11.4 Å². The Hall–Kier alpha value is -1.99. The van der Waals surface area contributed by atoms with Crippen LogP contribution in [-0.2, 0) is 27.3 Å². The molecule has 1 heterocycles. The van der Waals surface area contributed by atoms with Crippen molar-refractivity contribution in [3.63, 3.8) is 0 Å². The predicted octanol–water partition coefficient (Wildman–Crippen LogP) is 12.3. The molecule has 0 N–H and O–H groups in total. The van der Waals surface area contributed by atoms with Crippen molar-refractivity contribution in [3.8, 4) is 0 Å². The Labute approximate surface area is 253 Å². The van der Waals surface area contributed by atoms with E-state index >= 15 is 0 Å². The molecule has 0 bridgehead atoms. The molecule has 2 aromatic rings. The third-order valence-corrected chi connectivity index (χ3v) is 7.81. The van der Waals surface area contributed by atoms with E-state index in [1.807, 2.05) is 0 Å². The first-order chi connectivity index (χ1) is 19.6. The molecular formula is C37H56N2Ni. The third-order valence-electron chi connectivity index (χ3n) is 7.81. The quantitative estimate of drug-likeness (QED) is 0.1000. The molecule has 0 aromatic heterocycles. The van der Waals surface area contributed by atoms with E-state index in [0.29, 0.717) is 0 Å². The van der Waals surface area contributed by atoms with Gasteiger partial charge in [0.1, 0.15) is 0 Å². The maximum atomic E-state index is 11.7. The van der Waals surface area contributed by atoms with Crippen LogP contribution in [-0.4, -0.2) is 4.70 Å². The molecule has 1 aliphatic rings. The van der Waals surface area contributed by atoms with Gasteiger partial charge in [-0.2, -0.15) is 0 Å². The number of allylic oxidation sites excluding steroid dienone is 2. The molecule has 0 amide bonds. The molecule has 3 heteroatoms. The van der Waals surface area contributed by atoms with Crippen molar-refractivity contribution in [2.45, 2.75) is 136 Å². The zero-order valence-corrected chi connectivity index (χ0v) is 27.4. The van der Waals surface area contributed by atoms with Crippen LogP contribution in [0.2, 0.25) is 11.8 Å². The monoisotopic (exact) mass is 586 g/mol. The molecule has 0 aliphatic carbocycles. The molecule has 40 heavy (non-hydrogen) atoms. The second kappa shape index (κ2) is 20.0. The van der Waals surface area contributed by atoms with Crippen LogP contribution in [0, 0.1) is 0 Å². The van der Waals surface area contributed by atoms with Gasteiger partial charge in [-0.1, -0.05) is 103 Å². The maximum absolute atomic E-state index is 11.7. The van der Waals surface area contributed by atoms with Gasteiger partial charge in [0.25, 0.3) is 0 Å². The molecular weight excluding hydrogens is 531 g/mol. The second-order valence-electron chi connectivity index (χ2n) is 11.1. The van der Waals surface area contributed by atoms with Crippen LogP contribution in [0.4, 0.5) is 0 Å². The van der Waals surface area contributed by atoms with E-state index in [1.54, 1.807) is 14.4 Å². The summed E-state index contributed by atoms with van der Waals surface area (Å²) >= 11 is 1.62. The number of benzene rings is 2. The Balaban J connectivity index is 0.00000178. The standard InChI is InChI=1S/C35H50N2.2CH3.Ni/c1-5-9-12-13-14-16-22-33-32(8-4)34(30-25-23-28(24-26-30)19-15-10-6-2)37(36)35(33)31-21-17-20-29(27-31)18-11-7-3;;;/h17,20-21,23-27H,5-16,18-19,22H2,1-4H3;2*1H3;. The number of hydrogen-bond acceptors (Lipinski definition) is 0. The van der Waals surface area contributed by atoms with Gasteiger partial charge in [0, 0.05) is 22.3 Å². The summed E-state index contributed by atoms with van der Waals surface area (Å²) in [4.78, 5) is 0. The van der Waals surface area contributed by atoms with E-state index in [4.69, 9.17) is 0 Å². The first kappa shape index (κ1) is 34.2. The Bertz CT molecular complexity index is 1080. The third kappa shape index (κ3) is 10.4. The first-order valence-electron chi connectivity index (χ1n) is 15.9. The van der Waals surface area contributed by atoms with Gasteiger partial charge in [-0.05, 0) is 80.3 Å². The van der Waals surface area contributed by atoms with Crippen LogP contribution in [0.1, 0.15) is 133 Å². The average Bonchev–Trinajstić information content (AvgIpc) is 3.25. The fourth-order valence-electron chi connectivity index (χ4n) is 5.64. The predicted molar refractivity (Wildman–Crippen MR) is 172 cm³/mol. The molecule has 3 rings (SSSR count). The second-order valence-corrected chi connectivity index (χ2v) is 12.1. The SMILES string of the molecule is CCCCCCCCC1=C(c2cccc(CCCC)c2)[N+](=[N-])C(c2ccc(CCCCC)cc2)=C1CC.[CH3][Ni][CH3]. The van der Waals surface area contributed by atoms with Crippen LogP contribution < -0.4 is 0 Å². The van der Waals surface area contributed by atoms with Gasteiger partial charge < -0.3 is 5.53 Å². The van der Waals surface area contributed by atoms with Crippen LogP contribution >= 0.6 is 0 Å². The molecule has 0 spiro atoms. The fraction of sp³-hybridized carbons (Fsp3) is 0.568. The zero-order chi connectivity index (χ0) is 29.2. The summed E-state index contributed by atoms with van der Waals surface area (Å²) in [5.74, 6) is 4.12. The molecule has 0 radical (unpaired) electrons. The van der Waals surface area contributed by atoms with Crippen LogP contribution in [0.25, 0.3) is 16.9 Å².